The van der Waals surface area contributed by atoms with E-state index in [1.807, 2.05) is 12.2 Å². The number of aliphatic carboxylic acids is 1. The number of rotatable bonds is 9. The molecule has 5 aliphatic rings. The van der Waals surface area contributed by atoms with Gasteiger partial charge in [-0.2, -0.15) is 0 Å². The van der Waals surface area contributed by atoms with Gasteiger partial charge >= 0.3 is 12.1 Å². The first-order chi connectivity index (χ1) is 25.8. The van der Waals surface area contributed by atoms with Gasteiger partial charge in [0.2, 0.25) is 27.7 Å². The molecule has 5 atom stereocenters. The van der Waals surface area contributed by atoms with Gasteiger partial charge in [0, 0.05) is 37.3 Å². The Balaban J connectivity index is 1.24. The van der Waals surface area contributed by atoms with E-state index in [-0.39, 0.29) is 58.2 Å². The summed E-state index contributed by atoms with van der Waals surface area (Å²) in [5.41, 5.74) is -0.581. The fraction of sp³-hybridized carbons (Fsp3) is 0.622. The van der Waals surface area contributed by atoms with E-state index in [0.717, 1.165) is 25.7 Å². The Bertz CT molecular complexity index is 1800. The fourth-order valence-electron chi connectivity index (χ4n) is 7.59. The summed E-state index contributed by atoms with van der Waals surface area (Å²) >= 11 is 0. The van der Waals surface area contributed by atoms with E-state index >= 15 is 0 Å². The molecule has 17 heteroatoms. The highest BCUT2D eigenvalue weighted by molar-refractivity contribution is 7.91. The Morgan fingerprint density at radius 2 is 1.78 bits per heavy atom. The maximum absolute atomic E-state index is 14.4. The highest BCUT2D eigenvalue weighted by atomic mass is 32.2. The van der Waals surface area contributed by atoms with Crippen molar-refractivity contribution >= 4 is 45.7 Å². The Morgan fingerprint density at radius 1 is 1.02 bits per heavy atom. The molecule has 5 amide bonds. The Hall–Kier alpha value is -4.54. The second-order valence-electron chi connectivity index (χ2n) is 15.1. The van der Waals surface area contributed by atoms with Gasteiger partial charge in [-0.15, -0.1) is 0 Å². The number of fused-ring (bicyclic) bond motifs is 3. The number of allylic oxidation sites excluding steroid dienone is 1. The first-order valence-corrected chi connectivity index (χ1v) is 20.4. The molecule has 0 radical (unpaired) electrons. The van der Waals surface area contributed by atoms with Gasteiger partial charge in [-0.1, -0.05) is 50.0 Å². The Kier molecular flexibility index (Phi) is 11.9. The van der Waals surface area contributed by atoms with Crippen LogP contribution in [0.4, 0.5) is 9.18 Å². The lowest BCUT2D eigenvalue weighted by Gasteiger charge is -2.30. The minimum atomic E-state index is -3.95. The first-order valence-electron chi connectivity index (χ1n) is 18.9. The summed E-state index contributed by atoms with van der Waals surface area (Å²) in [6.45, 7) is -0.133. The SMILES string of the molecule is O=C(O)CCCC(=O)N[C@H]1CCCCCCC/C=C\[C@H]2C[C@@]2(C(=O)NS(=O)(=O)C2CC2)NC(=O)[C@@H]2C[C@@H](OC(=O)N3Cc4cccc(F)c4C3)CN2C1=O. The Labute approximate surface area is 313 Å². The fourth-order valence-corrected chi connectivity index (χ4v) is 8.96. The minimum absolute atomic E-state index is 0.0214. The van der Waals surface area contributed by atoms with Gasteiger partial charge in [0.1, 0.15) is 29.5 Å². The zero-order valence-corrected chi connectivity index (χ0v) is 30.9. The molecule has 0 unspecified atom stereocenters. The number of hydrogen-bond donors (Lipinski definition) is 4. The van der Waals surface area contributed by atoms with Crippen LogP contribution in [0.15, 0.2) is 30.4 Å². The molecule has 15 nitrogen and oxygen atoms in total. The van der Waals surface area contributed by atoms with Crippen LogP contribution < -0.4 is 15.4 Å². The van der Waals surface area contributed by atoms with E-state index in [1.165, 1.54) is 15.9 Å². The van der Waals surface area contributed by atoms with Crippen LogP contribution in [0.1, 0.15) is 101 Å². The normalized spacial score (nSPS) is 28.1. The van der Waals surface area contributed by atoms with Crippen LogP contribution >= 0.6 is 0 Å². The third kappa shape index (κ3) is 9.21. The van der Waals surface area contributed by atoms with Crippen molar-refractivity contribution in [1.82, 2.24) is 25.2 Å². The predicted molar refractivity (Wildman–Crippen MR) is 190 cm³/mol. The number of sulfonamides is 1. The van der Waals surface area contributed by atoms with Gasteiger partial charge in [0.05, 0.1) is 18.3 Å². The molecule has 0 spiro atoms. The zero-order valence-electron chi connectivity index (χ0n) is 30.1. The maximum atomic E-state index is 14.4. The zero-order chi connectivity index (χ0) is 38.6. The standard InChI is InChI=1S/C37H48FN5O10S/c38-28-12-8-10-23-20-42(22-27(23)28)36(50)53-25-18-30-33(47)40-37(35(49)41-54(51,52)26-16-17-26)19-24(37)11-6-4-2-1-3-5-7-13-29(34(48)43(30)21-25)39-31(44)14-9-15-32(45)46/h6,8,10-12,24-26,29-30H,1-5,7,9,13-22H2,(H,39,44)(H,40,47)(H,41,49)(H,45,46)/b11-6-/t24-,25+,29-,30-,37+/m0/s1. The van der Waals surface area contributed by atoms with E-state index in [1.54, 1.807) is 12.1 Å². The first kappa shape index (κ1) is 39.2. The number of hydrogen-bond acceptors (Lipinski definition) is 9. The number of carbonyl (C=O) groups is 6. The quantitative estimate of drug-likeness (QED) is 0.270. The molecule has 1 saturated heterocycles. The van der Waals surface area contributed by atoms with Gasteiger partial charge in [-0.25, -0.2) is 17.6 Å². The number of carboxylic acids is 1. The van der Waals surface area contributed by atoms with Crippen LogP contribution in [0.3, 0.4) is 0 Å². The molecule has 4 N–H and O–H groups in total. The molecule has 54 heavy (non-hydrogen) atoms. The number of ether oxygens (including phenoxy) is 1. The van der Waals surface area contributed by atoms with Crippen molar-refractivity contribution in [3.63, 3.8) is 0 Å². The Morgan fingerprint density at radius 3 is 2.52 bits per heavy atom. The molecular formula is C37H48FN5O10S. The molecule has 1 aromatic rings. The molecule has 0 bridgehead atoms. The van der Waals surface area contributed by atoms with E-state index in [9.17, 15) is 41.6 Å². The monoisotopic (exact) mass is 773 g/mol. The van der Waals surface area contributed by atoms with Crippen molar-refractivity contribution in [2.24, 2.45) is 5.92 Å². The second kappa shape index (κ2) is 16.4. The van der Waals surface area contributed by atoms with Gasteiger partial charge in [0.15, 0.2) is 0 Å². The molecule has 2 saturated carbocycles. The van der Waals surface area contributed by atoms with Gasteiger partial charge in [0.25, 0.3) is 5.91 Å². The van der Waals surface area contributed by atoms with Crippen LogP contribution in [0.25, 0.3) is 0 Å². The topological polar surface area (TPSA) is 209 Å². The summed E-state index contributed by atoms with van der Waals surface area (Å²) in [6, 6.07) is 2.23. The molecule has 1 aromatic carbocycles. The molecule has 294 valence electrons. The van der Waals surface area contributed by atoms with E-state index in [2.05, 4.69) is 15.4 Å². The highest BCUT2D eigenvalue weighted by Crippen LogP contribution is 2.46. The van der Waals surface area contributed by atoms with Gasteiger partial charge in [-0.05, 0) is 56.6 Å². The average Bonchev–Trinajstić information content (AvgIpc) is 4.00. The van der Waals surface area contributed by atoms with Crippen molar-refractivity contribution in [2.45, 2.75) is 132 Å². The van der Waals surface area contributed by atoms with E-state index in [0.29, 0.717) is 36.8 Å². The minimum Gasteiger partial charge on any atom is -0.481 e. The van der Waals surface area contributed by atoms with Crippen LogP contribution in [0, 0.1) is 11.7 Å². The molecule has 2 aliphatic carbocycles. The van der Waals surface area contributed by atoms with Crippen molar-refractivity contribution in [3.8, 4) is 0 Å². The number of nitrogens with one attached hydrogen (secondary N) is 3. The van der Waals surface area contributed by atoms with Crippen molar-refractivity contribution in [2.75, 3.05) is 6.54 Å². The number of halogens is 1. The number of nitrogens with zero attached hydrogens (tertiary/aromatic N) is 2. The van der Waals surface area contributed by atoms with Crippen LogP contribution in [0.5, 0.6) is 0 Å². The molecule has 3 heterocycles. The van der Waals surface area contributed by atoms with Crippen LogP contribution in [0.2, 0.25) is 0 Å². The summed E-state index contributed by atoms with van der Waals surface area (Å²) in [7, 11) is -3.95. The van der Waals surface area contributed by atoms with Crippen molar-refractivity contribution < 1.29 is 51.4 Å². The third-order valence-electron chi connectivity index (χ3n) is 10.9. The van der Waals surface area contributed by atoms with Gasteiger partial charge in [-0.3, -0.25) is 33.6 Å². The van der Waals surface area contributed by atoms with E-state index in [4.69, 9.17) is 9.84 Å². The number of carbonyl (C=O) groups excluding carboxylic acids is 5. The second-order valence-corrected chi connectivity index (χ2v) is 17.0. The predicted octanol–water partition coefficient (Wildman–Crippen LogP) is 2.77. The maximum Gasteiger partial charge on any atom is 0.410 e. The summed E-state index contributed by atoms with van der Waals surface area (Å²) in [4.78, 5) is 82.2. The highest BCUT2D eigenvalue weighted by Gasteiger charge is 2.62. The molecule has 3 aliphatic heterocycles. The smallest absolute Gasteiger partial charge is 0.410 e. The lowest BCUT2D eigenvalue weighted by atomic mass is 10.0. The van der Waals surface area contributed by atoms with Crippen molar-refractivity contribution in [1.29, 1.82) is 0 Å². The van der Waals surface area contributed by atoms with Gasteiger partial charge < -0.3 is 25.4 Å². The summed E-state index contributed by atoms with van der Waals surface area (Å²) < 4.78 is 48.0. The third-order valence-corrected chi connectivity index (χ3v) is 12.7. The summed E-state index contributed by atoms with van der Waals surface area (Å²) in [6.07, 6.45) is 7.48. The lowest BCUT2D eigenvalue weighted by molar-refractivity contribution is -0.142. The lowest BCUT2D eigenvalue weighted by Crippen LogP contribution is -2.58. The van der Waals surface area contributed by atoms with Crippen molar-refractivity contribution in [3.05, 3.63) is 47.3 Å². The summed E-state index contributed by atoms with van der Waals surface area (Å²) in [5.74, 6) is -4.74. The number of benzene rings is 1. The molecule has 6 rings (SSSR count). The largest absolute Gasteiger partial charge is 0.481 e. The molecule has 3 fully saturated rings. The molecule has 0 aromatic heterocycles. The van der Waals surface area contributed by atoms with Crippen LogP contribution in [-0.4, -0.2) is 94.5 Å². The number of amides is 5. The average molecular weight is 774 g/mol. The van der Waals surface area contributed by atoms with E-state index < -0.39 is 86.4 Å². The molecular weight excluding hydrogens is 725 g/mol. The van der Waals surface area contributed by atoms with Crippen LogP contribution in [-0.2, 0) is 51.8 Å². The summed E-state index contributed by atoms with van der Waals surface area (Å²) in [5, 5.41) is 13.9. The number of carboxylic acid groups (broad SMARTS) is 1.